The zero-order valence-corrected chi connectivity index (χ0v) is 15.4. The van der Waals surface area contributed by atoms with Gasteiger partial charge >= 0.3 is 0 Å². The second-order valence-corrected chi connectivity index (χ2v) is 7.76. The highest BCUT2D eigenvalue weighted by atomic mass is 32.1. The lowest BCUT2D eigenvalue weighted by Crippen LogP contribution is -2.34. The maximum Gasteiger partial charge on any atom is 0.271 e. The maximum atomic E-state index is 12.7. The number of rotatable bonds is 4. The number of fused-ring (bicyclic) bond motifs is 1. The van der Waals surface area contributed by atoms with Crippen molar-refractivity contribution in [3.05, 3.63) is 45.7 Å². The van der Waals surface area contributed by atoms with Crippen LogP contribution in [-0.2, 0) is 7.05 Å². The Balaban J connectivity index is 1.96. The number of carbonyl (C=O) groups is 1. The summed E-state index contributed by atoms with van der Waals surface area (Å²) in [5.74, 6) is 0.941. The van der Waals surface area contributed by atoms with Gasteiger partial charge < -0.3 is 9.88 Å². The molecule has 3 aromatic rings. The standard InChI is InChI=1S/C18H22N4OS/c1-10(2)15(21-18(23)16-11(3)24-12(4)19-16)17-20-13-8-6-7-9-14(13)22(17)5/h6-10,15H,1-5H3,(H,21,23)/t15-/m1/s1. The van der Waals surface area contributed by atoms with Crippen LogP contribution in [0.5, 0.6) is 0 Å². The molecule has 1 aromatic carbocycles. The molecule has 0 radical (unpaired) electrons. The molecule has 24 heavy (non-hydrogen) atoms. The SMILES string of the molecule is Cc1nc(C(=O)N[C@@H](c2nc3ccccc3n2C)C(C)C)c(C)s1. The minimum Gasteiger partial charge on any atom is -0.340 e. The lowest BCUT2D eigenvalue weighted by atomic mass is 10.0. The lowest BCUT2D eigenvalue weighted by molar-refractivity contribution is 0.0917. The first-order valence-electron chi connectivity index (χ1n) is 8.04. The van der Waals surface area contributed by atoms with Crippen molar-refractivity contribution in [3.63, 3.8) is 0 Å². The van der Waals surface area contributed by atoms with Crippen LogP contribution in [0, 0.1) is 19.8 Å². The molecule has 0 spiro atoms. The highest BCUT2D eigenvalue weighted by Crippen LogP contribution is 2.26. The van der Waals surface area contributed by atoms with Crippen molar-refractivity contribution in [1.82, 2.24) is 19.9 Å². The number of carbonyl (C=O) groups excluding carboxylic acids is 1. The molecule has 2 heterocycles. The van der Waals surface area contributed by atoms with Crippen molar-refractivity contribution in [2.24, 2.45) is 13.0 Å². The number of amides is 1. The monoisotopic (exact) mass is 342 g/mol. The summed E-state index contributed by atoms with van der Waals surface area (Å²) >= 11 is 1.54. The van der Waals surface area contributed by atoms with Gasteiger partial charge in [-0.3, -0.25) is 4.79 Å². The number of aromatic nitrogens is 3. The van der Waals surface area contributed by atoms with Crippen molar-refractivity contribution in [3.8, 4) is 0 Å². The topological polar surface area (TPSA) is 59.8 Å². The molecule has 3 rings (SSSR count). The predicted molar refractivity (Wildman–Crippen MR) is 97.3 cm³/mol. The molecular formula is C18H22N4OS. The van der Waals surface area contributed by atoms with Crippen LogP contribution in [0.15, 0.2) is 24.3 Å². The van der Waals surface area contributed by atoms with E-state index in [0.717, 1.165) is 26.7 Å². The van der Waals surface area contributed by atoms with Crippen LogP contribution in [0.25, 0.3) is 11.0 Å². The highest BCUT2D eigenvalue weighted by Gasteiger charge is 2.26. The van der Waals surface area contributed by atoms with Gasteiger partial charge in [-0.05, 0) is 31.9 Å². The number of aryl methyl sites for hydroxylation is 3. The van der Waals surface area contributed by atoms with Crippen molar-refractivity contribution < 1.29 is 4.79 Å². The van der Waals surface area contributed by atoms with Crippen molar-refractivity contribution >= 4 is 28.3 Å². The summed E-state index contributed by atoms with van der Waals surface area (Å²) in [6.07, 6.45) is 0. The average Bonchev–Trinajstić information content (AvgIpc) is 3.04. The molecule has 0 aliphatic heterocycles. The highest BCUT2D eigenvalue weighted by molar-refractivity contribution is 7.11. The molecule has 0 unspecified atom stereocenters. The first-order valence-corrected chi connectivity index (χ1v) is 8.86. The number of hydrogen-bond acceptors (Lipinski definition) is 4. The predicted octanol–water partition coefficient (Wildman–Crippen LogP) is 3.77. The molecule has 0 saturated heterocycles. The van der Waals surface area contributed by atoms with E-state index in [2.05, 4.69) is 28.7 Å². The van der Waals surface area contributed by atoms with Crippen LogP contribution in [0.3, 0.4) is 0 Å². The van der Waals surface area contributed by atoms with E-state index in [1.54, 1.807) is 11.3 Å². The number of hydrogen-bond donors (Lipinski definition) is 1. The van der Waals surface area contributed by atoms with Crippen LogP contribution in [0.4, 0.5) is 0 Å². The molecule has 0 aliphatic rings. The number of imidazole rings is 1. The van der Waals surface area contributed by atoms with E-state index in [4.69, 9.17) is 4.98 Å². The van der Waals surface area contributed by atoms with Gasteiger partial charge in [0.1, 0.15) is 11.5 Å². The number of thiazole rings is 1. The van der Waals surface area contributed by atoms with Crippen molar-refractivity contribution in [2.75, 3.05) is 0 Å². The second kappa shape index (κ2) is 6.36. The van der Waals surface area contributed by atoms with E-state index >= 15 is 0 Å². The molecule has 0 saturated carbocycles. The zero-order chi connectivity index (χ0) is 17.4. The van der Waals surface area contributed by atoms with E-state index in [9.17, 15) is 4.79 Å². The second-order valence-electron chi connectivity index (χ2n) is 6.35. The molecule has 0 aliphatic carbocycles. The summed E-state index contributed by atoms with van der Waals surface area (Å²) in [6, 6.07) is 7.84. The minimum atomic E-state index is -0.170. The molecule has 6 heteroatoms. The number of benzene rings is 1. The van der Waals surface area contributed by atoms with Gasteiger partial charge in [0.25, 0.3) is 5.91 Å². The van der Waals surface area contributed by atoms with Gasteiger partial charge in [0.15, 0.2) is 0 Å². The smallest absolute Gasteiger partial charge is 0.271 e. The zero-order valence-electron chi connectivity index (χ0n) is 14.6. The molecule has 0 bridgehead atoms. The van der Waals surface area contributed by atoms with E-state index in [1.807, 2.05) is 45.2 Å². The Bertz CT molecular complexity index is 894. The van der Waals surface area contributed by atoms with Crippen LogP contribution >= 0.6 is 11.3 Å². The molecule has 1 atom stereocenters. The molecule has 5 nitrogen and oxygen atoms in total. The fraction of sp³-hybridized carbons (Fsp3) is 0.389. The van der Waals surface area contributed by atoms with Gasteiger partial charge in [-0.15, -0.1) is 11.3 Å². The first kappa shape index (κ1) is 16.6. The average molecular weight is 342 g/mol. The molecule has 1 amide bonds. The Morgan fingerprint density at radius 2 is 1.92 bits per heavy atom. The molecule has 126 valence electrons. The number of para-hydroxylation sites is 2. The van der Waals surface area contributed by atoms with Gasteiger partial charge in [0.05, 0.1) is 22.1 Å². The molecule has 1 N–H and O–H groups in total. The summed E-state index contributed by atoms with van der Waals surface area (Å²) in [5, 5.41) is 4.03. The Morgan fingerprint density at radius 1 is 1.21 bits per heavy atom. The quantitative estimate of drug-likeness (QED) is 0.785. The third-order valence-electron chi connectivity index (χ3n) is 4.17. The van der Waals surface area contributed by atoms with Gasteiger partial charge in [-0.2, -0.15) is 0 Å². The van der Waals surface area contributed by atoms with Crippen LogP contribution < -0.4 is 5.32 Å². The van der Waals surface area contributed by atoms with Crippen molar-refractivity contribution in [1.29, 1.82) is 0 Å². The first-order chi connectivity index (χ1) is 11.4. The van der Waals surface area contributed by atoms with Gasteiger partial charge in [0, 0.05) is 11.9 Å². The molecule has 0 fully saturated rings. The molecule has 2 aromatic heterocycles. The lowest BCUT2D eigenvalue weighted by Gasteiger charge is -2.22. The van der Waals surface area contributed by atoms with E-state index in [0.29, 0.717) is 5.69 Å². The Kier molecular flexibility index (Phi) is 4.41. The summed E-state index contributed by atoms with van der Waals surface area (Å²) in [4.78, 5) is 22.7. The number of nitrogens with zero attached hydrogens (tertiary/aromatic N) is 3. The fourth-order valence-corrected chi connectivity index (χ4v) is 3.74. The van der Waals surface area contributed by atoms with Gasteiger partial charge in [-0.1, -0.05) is 26.0 Å². The van der Waals surface area contributed by atoms with Crippen LogP contribution in [-0.4, -0.2) is 20.4 Å². The Hall–Kier alpha value is -2.21. The van der Waals surface area contributed by atoms with E-state index < -0.39 is 0 Å². The Labute approximate surface area is 145 Å². The normalized spacial score (nSPS) is 12.8. The van der Waals surface area contributed by atoms with Crippen molar-refractivity contribution in [2.45, 2.75) is 33.7 Å². The van der Waals surface area contributed by atoms with E-state index in [-0.39, 0.29) is 17.9 Å². The summed E-state index contributed by atoms with van der Waals surface area (Å²) < 4.78 is 2.05. The maximum absolute atomic E-state index is 12.7. The summed E-state index contributed by atoms with van der Waals surface area (Å²) in [7, 11) is 1.99. The third-order valence-corrected chi connectivity index (χ3v) is 5.06. The van der Waals surface area contributed by atoms with Crippen LogP contribution in [0.2, 0.25) is 0 Å². The summed E-state index contributed by atoms with van der Waals surface area (Å²) in [6.45, 7) is 8.02. The summed E-state index contributed by atoms with van der Waals surface area (Å²) in [5.41, 5.74) is 2.52. The van der Waals surface area contributed by atoms with E-state index in [1.165, 1.54) is 0 Å². The number of nitrogens with one attached hydrogen (secondary N) is 1. The minimum absolute atomic E-state index is 0.136. The Morgan fingerprint density at radius 3 is 2.50 bits per heavy atom. The molecular weight excluding hydrogens is 320 g/mol. The van der Waals surface area contributed by atoms with Gasteiger partial charge in [0.2, 0.25) is 0 Å². The largest absolute Gasteiger partial charge is 0.340 e. The van der Waals surface area contributed by atoms with Gasteiger partial charge in [-0.25, -0.2) is 9.97 Å². The van der Waals surface area contributed by atoms with Crippen LogP contribution in [0.1, 0.15) is 46.1 Å². The third kappa shape index (κ3) is 2.94. The fourth-order valence-electron chi connectivity index (χ4n) is 2.92.